The maximum Gasteiger partial charge on any atom is 0.308 e. The van der Waals surface area contributed by atoms with E-state index in [1.54, 1.807) is 14.0 Å². The van der Waals surface area contributed by atoms with Crippen molar-refractivity contribution in [3.8, 4) is 17.0 Å². The van der Waals surface area contributed by atoms with E-state index in [1.165, 1.54) is 11.3 Å². The molecule has 0 saturated heterocycles. The molecular weight excluding hydrogens is 276 g/mol. The van der Waals surface area contributed by atoms with Crippen LogP contribution in [0.15, 0.2) is 29.6 Å². The van der Waals surface area contributed by atoms with E-state index in [-0.39, 0.29) is 0 Å². The fraction of sp³-hybridized carbons (Fsp3) is 0.286. The lowest BCUT2D eigenvalue weighted by Gasteiger charge is -2.06. The molecule has 1 unspecified atom stereocenters. The number of anilines is 1. The minimum absolute atomic E-state index is 0.366. The number of aromatic nitrogens is 1. The quantitative estimate of drug-likeness (QED) is 0.856. The summed E-state index contributed by atoms with van der Waals surface area (Å²) in [5.41, 5.74) is 1.87. The van der Waals surface area contributed by atoms with Gasteiger partial charge in [0.15, 0.2) is 5.13 Å². The number of carbonyl (C=O) groups is 1. The molecule has 1 atom stereocenters. The summed E-state index contributed by atoms with van der Waals surface area (Å²) in [6.07, 6.45) is 0. The zero-order valence-electron chi connectivity index (χ0n) is 11.3. The van der Waals surface area contributed by atoms with Gasteiger partial charge in [0, 0.05) is 17.5 Å². The Labute approximate surface area is 121 Å². The molecule has 1 aromatic heterocycles. The van der Waals surface area contributed by atoms with Gasteiger partial charge in [0.2, 0.25) is 0 Å². The fourth-order valence-corrected chi connectivity index (χ4v) is 2.31. The lowest BCUT2D eigenvalue weighted by Crippen LogP contribution is -2.19. The number of benzene rings is 1. The molecule has 0 aliphatic carbocycles. The van der Waals surface area contributed by atoms with Gasteiger partial charge in [-0.15, -0.1) is 11.3 Å². The van der Waals surface area contributed by atoms with Crippen LogP contribution in [0.4, 0.5) is 5.13 Å². The van der Waals surface area contributed by atoms with Crippen molar-refractivity contribution in [2.75, 3.05) is 19.0 Å². The summed E-state index contributed by atoms with van der Waals surface area (Å²) in [5.74, 6) is -0.453. The number of carboxylic acids is 1. The number of aliphatic carboxylic acids is 1. The van der Waals surface area contributed by atoms with Crippen LogP contribution >= 0.6 is 11.3 Å². The number of hydrogen-bond donors (Lipinski definition) is 2. The van der Waals surface area contributed by atoms with Gasteiger partial charge in [-0.3, -0.25) is 4.79 Å². The van der Waals surface area contributed by atoms with Crippen molar-refractivity contribution in [3.05, 3.63) is 29.6 Å². The number of thiazole rings is 1. The van der Waals surface area contributed by atoms with Gasteiger partial charge >= 0.3 is 5.97 Å². The highest BCUT2D eigenvalue weighted by Gasteiger charge is 2.11. The standard InChI is InChI=1S/C14H16N2O3S/c1-9(13(17)18)7-15-14-16-12(8-20-14)10-3-5-11(19-2)6-4-10/h3-6,8-9H,7H2,1-2H3,(H,15,16)(H,17,18). The summed E-state index contributed by atoms with van der Waals surface area (Å²) in [6, 6.07) is 7.65. The maximum atomic E-state index is 10.7. The second-order valence-corrected chi connectivity index (χ2v) is 5.24. The monoisotopic (exact) mass is 292 g/mol. The Morgan fingerprint density at radius 2 is 2.15 bits per heavy atom. The van der Waals surface area contributed by atoms with E-state index in [4.69, 9.17) is 9.84 Å². The summed E-state index contributed by atoms with van der Waals surface area (Å²) in [4.78, 5) is 15.2. The zero-order valence-corrected chi connectivity index (χ0v) is 12.1. The van der Waals surface area contributed by atoms with Crippen LogP contribution < -0.4 is 10.1 Å². The van der Waals surface area contributed by atoms with E-state index in [9.17, 15) is 4.79 Å². The Balaban J connectivity index is 2.02. The molecule has 0 amide bonds. The molecule has 0 radical (unpaired) electrons. The molecule has 20 heavy (non-hydrogen) atoms. The molecule has 0 spiro atoms. The highest BCUT2D eigenvalue weighted by molar-refractivity contribution is 7.14. The van der Waals surface area contributed by atoms with Gasteiger partial charge in [-0.25, -0.2) is 4.98 Å². The van der Waals surface area contributed by atoms with Crippen molar-refractivity contribution in [3.63, 3.8) is 0 Å². The second-order valence-electron chi connectivity index (χ2n) is 4.39. The predicted molar refractivity (Wildman–Crippen MR) is 79.4 cm³/mol. The van der Waals surface area contributed by atoms with Crippen LogP contribution in [0.25, 0.3) is 11.3 Å². The van der Waals surface area contributed by atoms with E-state index in [0.717, 1.165) is 22.1 Å². The van der Waals surface area contributed by atoms with Crippen LogP contribution in [0.2, 0.25) is 0 Å². The molecule has 0 fully saturated rings. The third-order valence-electron chi connectivity index (χ3n) is 2.87. The first-order valence-electron chi connectivity index (χ1n) is 6.17. The first kappa shape index (κ1) is 14.3. The highest BCUT2D eigenvalue weighted by atomic mass is 32.1. The van der Waals surface area contributed by atoms with E-state index in [1.807, 2.05) is 29.6 Å². The Morgan fingerprint density at radius 3 is 2.75 bits per heavy atom. The predicted octanol–water partition coefficient (Wildman–Crippen LogP) is 2.95. The average molecular weight is 292 g/mol. The third kappa shape index (κ3) is 3.48. The van der Waals surface area contributed by atoms with Gasteiger partial charge in [-0.1, -0.05) is 6.92 Å². The molecule has 0 aliphatic heterocycles. The Hall–Kier alpha value is -2.08. The van der Waals surface area contributed by atoms with Crippen molar-refractivity contribution < 1.29 is 14.6 Å². The van der Waals surface area contributed by atoms with Gasteiger partial charge in [0.05, 0.1) is 18.7 Å². The van der Waals surface area contributed by atoms with Crippen molar-refractivity contribution in [2.45, 2.75) is 6.92 Å². The molecule has 0 aliphatic rings. The normalized spacial score (nSPS) is 11.9. The average Bonchev–Trinajstić information content (AvgIpc) is 2.93. The zero-order chi connectivity index (χ0) is 14.5. The van der Waals surface area contributed by atoms with Crippen LogP contribution in [0.1, 0.15) is 6.92 Å². The minimum atomic E-state index is -0.815. The maximum absolute atomic E-state index is 10.7. The highest BCUT2D eigenvalue weighted by Crippen LogP contribution is 2.26. The van der Waals surface area contributed by atoms with E-state index >= 15 is 0 Å². The minimum Gasteiger partial charge on any atom is -0.497 e. The Kier molecular flexibility index (Phi) is 4.57. The van der Waals surface area contributed by atoms with Gasteiger partial charge in [0.1, 0.15) is 5.75 Å². The molecule has 6 heteroatoms. The lowest BCUT2D eigenvalue weighted by molar-refractivity contribution is -0.140. The Bertz CT molecular complexity index is 580. The molecule has 106 valence electrons. The molecule has 1 aromatic carbocycles. The van der Waals surface area contributed by atoms with Gasteiger partial charge in [-0.05, 0) is 24.3 Å². The van der Waals surface area contributed by atoms with Crippen LogP contribution in [0, 0.1) is 5.92 Å². The third-order valence-corrected chi connectivity index (χ3v) is 3.67. The Morgan fingerprint density at radius 1 is 1.45 bits per heavy atom. The van der Waals surface area contributed by atoms with Gasteiger partial charge in [-0.2, -0.15) is 0 Å². The lowest BCUT2D eigenvalue weighted by atomic mass is 10.2. The van der Waals surface area contributed by atoms with Crippen molar-refractivity contribution in [1.82, 2.24) is 4.98 Å². The molecule has 1 heterocycles. The van der Waals surface area contributed by atoms with Crippen LogP contribution in [0.3, 0.4) is 0 Å². The summed E-state index contributed by atoms with van der Waals surface area (Å²) in [5, 5.41) is 14.5. The van der Waals surface area contributed by atoms with Gasteiger partial charge < -0.3 is 15.2 Å². The molecule has 2 N–H and O–H groups in total. The van der Waals surface area contributed by atoms with E-state index in [0.29, 0.717) is 6.54 Å². The van der Waals surface area contributed by atoms with E-state index < -0.39 is 11.9 Å². The molecule has 2 rings (SSSR count). The number of rotatable bonds is 6. The first-order chi connectivity index (χ1) is 9.60. The van der Waals surface area contributed by atoms with Crippen LogP contribution in [-0.2, 0) is 4.79 Å². The number of carboxylic acid groups (broad SMARTS) is 1. The van der Waals surface area contributed by atoms with Crippen LogP contribution in [0.5, 0.6) is 5.75 Å². The molecule has 5 nitrogen and oxygen atoms in total. The topological polar surface area (TPSA) is 71.5 Å². The van der Waals surface area contributed by atoms with E-state index in [2.05, 4.69) is 10.3 Å². The summed E-state index contributed by atoms with van der Waals surface area (Å²) in [7, 11) is 1.63. The summed E-state index contributed by atoms with van der Waals surface area (Å²) >= 11 is 1.46. The first-order valence-corrected chi connectivity index (χ1v) is 7.04. The number of nitrogens with zero attached hydrogens (tertiary/aromatic N) is 1. The number of methoxy groups -OCH3 is 1. The van der Waals surface area contributed by atoms with Crippen molar-refractivity contribution in [2.24, 2.45) is 5.92 Å². The summed E-state index contributed by atoms with van der Waals surface area (Å²) < 4.78 is 5.11. The number of hydrogen-bond acceptors (Lipinski definition) is 5. The molecule has 0 saturated carbocycles. The van der Waals surface area contributed by atoms with Gasteiger partial charge in [0.25, 0.3) is 0 Å². The number of nitrogens with one attached hydrogen (secondary N) is 1. The molecular formula is C14H16N2O3S. The summed E-state index contributed by atoms with van der Waals surface area (Å²) in [6.45, 7) is 2.03. The molecule has 2 aromatic rings. The van der Waals surface area contributed by atoms with Crippen LogP contribution in [-0.4, -0.2) is 29.7 Å². The van der Waals surface area contributed by atoms with Crippen molar-refractivity contribution in [1.29, 1.82) is 0 Å². The second kappa shape index (κ2) is 6.38. The SMILES string of the molecule is COc1ccc(-c2csc(NCC(C)C(=O)O)n2)cc1. The largest absolute Gasteiger partial charge is 0.497 e. The molecule has 0 bridgehead atoms. The smallest absolute Gasteiger partial charge is 0.308 e. The fourth-order valence-electron chi connectivity index (χ4n) is 1.58. The number of ether oxygens (including phenoxy) is 1. The van der Waals surface area contributed by atoms with Crippen molar-refractivity contribution >= 4 is 22.4 Å².